The number of ether oxygens (including phenoxy) is 1. The molecule has 5 aromatic rings. The number of anilines is 1. The van der Waals surface area contributed by atoms with Gasteiger partial charge in [-0.1, -0.05) is 12.1 Å². The largest absolute Gasteiger partial charge is 0.455 e. The highest BCUT2D eigenvalue weighted by Crippen LogP contribution is 2.41. The van der Waals surface area contributed by atoms with Crippen LogP contribution in [-0.2, 0) is 14.8 Å². The van der Waals surface area contributed by atoms with Crippen molar-refractivity contribution in [1.82, 2.24) is 15.2 Å². The zero-order valence-corrected chi connectivity index (χ0v) is 24.8. The molecule has 44 heavy (non-hydrogen) atoms. The van der Waals surface area contributed by atoms with Crippen LogP contribution < -0.4 is 9.62 Å². The lowest BCUT2D eigenvalue weighted by molar-refractivity contribution is -0.0226. The van der Waals surface area contributed by atoms with Gasteiger partial charge < -0.3 is 24.4 Å². The Kier molecular flexibility index (Phi) is 7.38. The number of rotatable bonds is 6. The van der Waals surface area contributed by atoms with Crippen LogP contribution in [-0.4, -0.2) is 70.2 Å². The third-order valence-corrected chi connectivity index (χ3v) is 8.96. The minimum absolute atomic E-state index is 0.0464. The minimum atomic E-state index is -3.76. The zero-order chi connectivity index (χ0) is 31.3. The van der Waals surface area contributed by atoms with Crippen molar-refractivity contribution in [3.63, 3.8) is 0 Å². The fourth-order valence-corrected chi connectivity index (χ4v) is 5.96. The number of benzene rings is 3. The van der Waals surface area contributed by atoms with Crippen molar-refractivity contribution in [2.24, 2.45) is 0 Å². The van der Waals surface area contributed by atoms with Crippen LogP contribution in [0.4, 0.5) is 14.5 Å². The van der Waals surface area contributed by atoms with E-state index >= 15 is 0 Å². The summed E-state index contributed by atoms with van der Waals surface area (Å²) in [6, 6.07) is 14.7. The quantitative estimate of drug-likeness (QED) is 0.280. The number of halogens is 2. The molecule has 0 saturated carbocycles. The Bertz CT molecular complexity index is 2040. The second-order valence-electron chi connectivity index (χ2n) is 10.5. The molecule has 2 amide bonds. The van der Waals surface area contributed by atoms with Crippen molar-refractivity contribution in [2.45, 2.75) is 6.10 Å². The Morgan fingerprint density at radius 3 is 2.52 bits per heavy atom. The monoisotopic (exact) mass is 622 g/mol. The summed E-state index contributed by atoms with van der Waals surface area (Å²) in [6.45, 7) is 0.431. The van der Waals surface area contributed by atoms with E-state index in [4.69, 9.17) is 9.15 Å². The van der Waals surface area contributed by atoms with Gasteiger partial charge in [0.2, 0.25) is 10.0 Å². The molecule has 228 valence electrons. The van der Waals surface area contributed by atoms with Gasteiger partial charge in [0.1, 0.15) is 34.8 Å². The van der Waals surface area contributed by atoms with E-state index in [1.807, 2.05) is 0 Å². The van der Waals surface area contributed by atoms with Gasteiger partial charge in [-0.3, -0.25) is 13.9 Å². The van der Waals surface area contributed by atoms with Gasteiger partial charge in [-0.25, -0.2) is 17.2 Å². The summed E-state index contributed by atoms with van der Waals surface area (Å²) >= 11 is 0. The fraction of sp³-hybridized carbons (Fsp3) is 0.226. The molecule has 3 aromatic carbocycles. The van der Waals surface area contributed by atoms with Gasteiger partial charge in [0.25, 0.3) is 11.8 Å². The standard InChI is InChI=1S/C31H28F2N4O6S/c1-34-30(38)27-21-14-20(24(36(2)44(3,40)41)15-25(21)43-29(27)17-7-9-19(32)10-8-17)26-16-37(11-12-42-26)31(39)23-13-18-5-4-6-22(33)28(18)35-23/h4-10,13-15,26,35H,11-12,16H2,1-3H3,(H,34,38)/t26-/m0/s1. The van der Waals surface area contributed by atoms with Crippen molar-refractivity contribution < 1.29 is 35.9 Å². The SMILES string of the molecule is CNC(=O)c1c(-c2ccc(F)cc2)oc2cc(N(C)S(C)(=O)=O)c([C@@H]3CN(C(=O)c4cc5cccc(F)c5[nH]4)CCO3)cc12. The predicted octanol–water partition coefficient (Wildman–Crippen LogP) is 4.83. The number of sulfonamides is 1. The van der Waals surface area contributed by atoms with E-state index in [1.165, 1.54) is 50.5 Å². The summed E-state index contributed by atoms with van der Waals surface area (Å²) in [5.74, 6) is -1.60. The molecule has 1 atom stereocenters. The number of amides is 2. The van der Waals surface area contributed by atoms with Gasteiger partial charge in [-0.05, 0) is 42.5 Å². The average Bonchev–Trinajstić information content (AvgIpc) is 3.62. The number of para-hydroxylation sites is 1. The Morgan fingerprint density at radius 1 is 1.09 bits per heavy atom. The van der Waals surface area contributed by atoms with Crippen LogP contribution in [0.25, 0.3) is 33.2 Å². The van der Waals surface area contributed by atoms with Gasteiger partial charge in [0, 0.05) is 48.6 Å². The Morgan fingerprint density at radius 2 is 1.84 bits per heavy atom. The van der Waals surface area contributed by atoms with E-state index in [9.17, 15) is 26.8 Å². The van der Waals surface area contributed by atoms with E-state index in [2.05, 4.69) is 10.3 Å². The minimum Gasteiger partial charge on any atom is -0.455 e. The van der Waals surface area contributed by atoms with Crippen LogP contribution in [0.2, 0.25) is 0 Å². The number of carbonyl (C=O) groups excluding carboxylic acids is 2. The maximum Gasteiger partial charge on any atom is 0.270 e. The molecule has 13 heteroatoms. The summed E-state index contributed by atoms with van der Waals surface area (Å²) in [4.78, 5) is 31.1. The molecule has 0 bridgehead atoms. The Hall–Kier alpha value is -4.75. The van der Waals surface area contributed by atoms with Crippen LogP contribution in [0.3, 0.4) is 0 Å². The van der Waals surface area contributed by atoms with Gasteiger partial charge in [0.15, 0.2) is 0 Å². The number of nitrogens with zero attached hydrogens (tertiary/aromatic N) is 2. The maximum absolute atomic E-state index is 14.3. The number of H-pyrrole nitrogens is 1. The molecule has 0 aliphatic carbocycles. The maximum atomic E-state index is 14.3. The number of carbonyl (C=O) groups is 2. The third kappa shape index (κ3) is 5.18. The summed E-state index contributed by atoms with van der Waals surface area (Å²) in [6.07, 6.45) is 0.259. The molecule has 0 radical (unpaired) electrons. The third-order valence-electron chi connectivity index (χ3n) is 7.77. The van der Waals surface area contributed by atoms with Crippen molar-refractivity contribution >= 4 is 49.4 Å². The lowest BCUT2D eigenvalue weighted by Crippen LogP contribution is -2.42. The predicted molar refractivity (Wildman–Crippen MR) is 161 cm³/mol. The van der Waals surface area contributed by atoms with Crippen LogP contribution in [0.15, 0.2) is 65.1 Å². The number of aromatic amines is 1. The number of nitrogens with one attached hydrogen (secondary N) is 2. The molecular weight excluding hydrogens is 594 g/mol. The molecule has 6 rings (SSSR count). The molecule has 1 aliphatic rings. The first-order valence-corrected chi connectivity index (χ1v) is 15.5. The highest BCUT2D eigenvalue weighted by molar-refractivity contribution is 7.92. The number of furan rings is 1. The summed E-state index contributed by atoms with van der Waals surface area (Å²) in [5, 5.41) is 3.54. The molecule has 2 N–H and O–H groups in total. The Balaban J connectivity index is 1.46. The molecule has 3 heterocycles. The number of morpholine rings is 1. The topological polar surface area (TPSA) is 125 Å². The molecule has 1 saturated heterocycles. The van der Waals surface area contributed by atoms with Gasteiger partial charge in [0.05, 0.1) is 36.2 Å². The second kappa shape index (κ2) is 11.1. The van der Waals surface area contributed by atoms with E-state index in [-0.39, 0.29) is 59.4 Å². The number of hydrogen-bond donors (Lipinski definition) is 2. The molecule has 0 unspecified atom stereocenters. The number of hydrogen-bond acceptors (Lipinski definition) is 6. The number of fused-ring (bicyclic) bond motifs is 2. The molecule has 10 nitrogen and oxygen atoms in total. The fourth-order valence-electron chi connectivity index (χ4n) is 5.44. The zero-order valence-electron chi connectivity index (χ0n) is 24.0. The average molecular weight is 623 g/mol. The molecule has 1 aliphatic heterocycles. The first-order chi connectivity index (χ1) is 21.0. The highest BCUT2D eigenvalue weighted by Gasteiger charge is 2.32. The highest BCUT2D eigenvalue weighted by atomic mass is 32.2. The molecule has 1 fully saturated rings. The van der Waals surface area contributed by atoms with Gasteiger partial charge in [-0.2, -0.15) is 0 Å². The van der Waals surface area contributed by atoms with Gasteiger partial charge in [-0.15, -0.1) is 0 Å². The van der Waals surface area contributed by atoms with Crippen molar-refractivity contribution in [3.05, 3.63) is 89.1 Å². The first-order valence-electron chi connectivity index (χ1n) is 13.7. The van der Waals surface area contributed by atoms with E-state index in [0.29, 0.717) is 21.9 Å². The van der Waals surface area contributed by atoms with Gasteiger partial charge >= 0.3 is 0 Å². The van der Waals surface area contributed by atoms with Crippen molar-refractivity contribution in [3.8, 4) is 11.3 Å². The van der Waals surface area contributed by atoms with E-state index in [0.717, 1.165) is 10.6 Å². The second-order valence-corrected chi connectivity index (χ2v) is 12.5. The molecule has 0 spiro atoms. The lowest BCUT2D eigenvalue weighted by Gasteiger charge is -2.34. The lowest BCUT2D eigenvalue weighted by atomic mass is 9.99. The van der Waals surface area contributed by atoms with Crippen LogP contribution >= 0.6 is 0 Å². The van der Waals surface area contributed by atoms with Crippen LogP contribution in [0.5, 0.6) is 0 Å². The first kappa shape index (κ1) is 29.3. The molecule has 2 aromatic heterocycles. The normalized spacial score (nSPS) is 15.6. The number of aromatic nitrogens is 1. The summed E-state index contributed by atoms with van der Waals surface area (Å²) < 4.78 is 66.7. The van der Waals surface area contributed by atoms with Crippen molar-refractivity contribution in [1.29, 1.82) is 0 Å². The summed E-state index contributed by atoms with van der Waals surface area (Å²) in [5.41, 5.74) is 1.91. The van der Waals surface area contributed by atoms with Crippen LogP contribution in [0, 0.1) is 11.6 Å². The van der Waals surface area contributed by atoms with Crippen molar-refractivity contribution in [2.75, 3.05) is 44.4 Å². The van der Waals surface area contributed by atoms with Crippen LogP contribution in [0.1, 0.15) is 32.5 Å². The Labute approximate surface area is 251 Å². The smallest absolute Gasteiger partial charge is 0.270 e. The van der Waals surface area contributed by atoms with E-state index < -0.39 is 33.7 Å². The van der Waals surface area contributed by atoms with E-state index in [1.54, 1.807) is 29.2 Å². The molecular formula is C31H28F2N4O6S. The summed E-state index contributed by atoms with van der Waals surface area (Å²) in [7, 11) is -0.917.